The second-order valence-electron chi connectivity index (χ2n) is 7.32. The maximum Gasteiger partial charge on any atom is 0.407 e. The van der Waals surface area contributed by atoms with Crippen LogP contribution >= 0.6 is 0 Å². The van der Waals surface area contributed by atoms with Crippen LogP contribution < -0.4 is 5.32 Å². The number of carbonyl (C=O) groups is 1. The third-order valence-electron chi connectivity index (χ3n) is 4.19. The number of carbonyl (C=O) groups excluding carboxylic acids is 1. The lowest BCUT2D eigenvalue weighted by Gasteiger charge is -2.04. The predicted molar refractivity (Wildman–Crippen MR) is 118 cm³/mol. The smallest absolute Gasteiger partial charge is 0.407 e. The minimum atomic E-state index is -0.404. The van der Waals surface area contributed by atoms with Gasteiger partial charge in [0.1, 0.15) is 6.61 Å². The van der Waals surface area contributed by atoms with Crippen molar-refractivity contribution in [2.45, 2.75) is 73.1 Å². The second-order valence-corrected chi connectivity index (χ2v) is 7.32. The zero-order valence-corrected chi connectivity index (χ0v) is 18.1. The van der Waals surface area contributed by atoms with Gasteiger partial charge in [0.2, 0.25) is 0 Å². The monoisotopic (exact) mass is 373 g/mol. The Bertz CT molecular complexity index is 561. The first-order chi connectivity index (χ1) is 12.8. The highest BCUT2D eigenvalue weighted by atomic mass is 16.5. The quantitative estimate of drug-likeness (QED) is 0.351. The molecule has 0 radical (unpaired) electrons. The summed E-state index contributed by atoms with van der Waals surface area (Å²) >= 11 is 0. The number of hydrogen-bond acceptors (Lipinski definition) is 2. The van der Waals surface area contributed by atoms with Gasteiger partial charge in [0.05, 0.1) is 0 Å². The molecule has 0 aromatic heterocycles. The lowest BCUT2D eigenvalue weighted by Crippen LogP contribution is -2.24. The summed E-state index contributed by atoms with van der Waals surface area (Å²) < 4.78 is 5.06. The summed E-state index contributed by atoms with van der Waals surface area (Å²) in [5.74, 6) is 0. The van der Waals surface area contributed by atoms with Crippen LogP contribution in [0.3, 0.4) is 0 Å². The van der Waals surface area contributed by atoms with Crippen LogP contribution in [0.2, 0.25) is 0 Å². The number of alkyl carbamates (subject to hydrolysis) is 1. The predicted octanol–water partition coefficient (Wildman–Crippen LogP) is 7.04. The summed E-state index contributed by atoms with van der Waals surface area (Å²) in [6, 6.07) is 0. The zero-order valence-electron chi connectivity index (χ0n) is 18.1. The molecule has 0 aliphatic rings. The number of hydrogen-bond donors (Lipinski definition) is 1. The van der Waals surface area contributed by atoms with E-state index < -0.39 is 6.09 Å². The van der Waals surface area contributed by atoms with Crippen molar-refractivity contribution in [2.24, 2.45) is 0 Å². The SMILES string of the molecule is C=CCNC(=O)OC/C=C(\C)CC/C=C(\C)CC/C=C(\C)CCC=C(C)C. The van der Waals surface area contributed by atoms with Gasteiger partial charge in [-0.25, -0.2) is 4.79 Å². The molecule has 0 spiro atoms. The summed E-state index contributed by atoms with van der Waals surface area (Å²) in [6.45, 7) is 15.1. The molecule has 0 saturated heterocycles. The van der Waals surface area contributed by atoms with E-state index in [0.717, 1.165) is 38.5 Å². The van der Waals surface area contributed by atoms with Gasteiger partial charge in [0, 0.05) is 6.54 Å². The first-order valence-electron chi connectivity index (χ1n) is 9.97. The van der Waals surface area contributed by atoms with Gasteiger partial charge in [-0.1, -0.05) is 46.6 Å². The van der Waals surface area contributed by atoms with Gasteiger partial charge in [0.15, 0.2) is 0 Å². The Morgan fingerprint density at radius 3 is 1.78 bits per heavy atom. The molecule has 0 aromatic rings. The molecule has 3 nitrogen and oxygen atoms in total. The number of rotatable bonds is 13. The van der Waals surface area contributed by atoms with Crippen molar-refractivity contribution in [3.8, 4) is 0 Å². The first kappa shape index (κ1) is 25.0. The number of nitrogens with one attached hydrogen (secondary N) is 1. The van der Waals surface area contributed by atoms with E-state index in [0.29, 0.717) is 13.2 Å². The van der Waals surface area contributed by atoms with E-state index in [1.165, 1.54) is 22.3 Å². The Balaban J connectivity index is 4.00. The van der Waals surface area contributed by atoms with Crippen LogP contribution in [-0.4, -0.2) is 19.2 Å². The van der Waals surface area contributed by atoms with E-state index in [2.05, 4.69) is 64.7 Å². The zero-order chi connectivity index (χ0) is 20.5. The van der Waals surface area contributed by atoms with Gasteiger partial charge >= 0.3 is 6.09 Å². The van der Waals surface area contributed by atoms with Crippen molar-refractivity contribution in [2.75, 3.05) is 13.2 Å². The Kier molecular flexibility index (Phi) is 15.0. The van der Waals surface area contributed by atoms with Gasteiger partial charge in [-0.2, -0.15) is 0 Å². The molecule has 0 atom stereocenters. The normalized spacial score (nSPS) is 12.6. The summed E-state index contributed by atoms with van der Waals surface area (Å²) in [5.41, 5.74) is 5.56. The molecule has 3 heteroatoms. The van der Waals surface area contributed by atoms with E-state index in [-0.39, 0.29) is 0 Å². The van der Waals surface area contributed by atoms with Gasteiger partial charge in [0.25, 0.3) is 0 Å². The average Bonchev–Trinajstić information content (AvgIpc) is 2.59. The highest BCUT2D eigenvalue weighted by molar-refractivity contribution is 5.67. The third kappa shape index (κ3) is 17.2. The molecule has 0 aliphatic heterocycles. The Morgan fingerprint density at radius 2 is 1.30 bits per heavy atom. The van der Waals surface area contributed by atoms with E-state index >= 15 is 0 Å². The van der Waals surface area contributed by atoms with E-state index in [4.69, 9.17) is 4.74 Å². The van der Waals surface area contributed by atoms with Crippen molar-refractivity contribution < 1.29 is 9.53 Å². The molecular weight excluding hydrogens is 334 g/mol. The minimum Gasteiger partial charge on any atom is -0.445 e. The van der Waals surface area contributed by atoms with Crippen LogP contribution in [0.4, 0.5) is 4.79 Å². The maximum absolute atomic E-state index is 11.3. The van der Waals surface area contributed by atoms with Crippen molar-refractivity contribution >= 4 is 6.09 Å². The Hall–Kier alpha value is -2.03. The molecule has 0 aliphatic carbocycles. The molecule has 27 heavy (non-hydrogen) atoms. The summed E-state index contributed by atoms with van der Waals surface area (Å²) in [5, 5.41) is 2.58. The lowest BCUT2D eigenvalue weighted by atomic mass is 10.0. The molecule has 0 unspecified atom stereocenters. The highest BCUT2D eigenvalue weighted by Crippen LogP contribution is 2.13. The third-order valence-corrected chi connectivity index (χ3v) is 4.19. The largest absolute Gasteiger partial charge is 0.445 e. The molecule has 0 bridgehead atoms. The van der Waals surface area contributed by atoms with Crippen molar-refractivity contribution in [1.29, 1.82) is 0 Å². The Labute approximate surface area is 167 Å². The van der Waals surface area contributed by atoms with Crippen LogP contribution in [0.15, 0.2) is 59.3 Å². The second kappa shape index (κ2) is 16.2. The summed E-state index contributed by atoms with van der Waals surface area (Å²) in [6.07, 6.45) is 16.7. The van der Waals surface area contributed by atoms with E-state index in [1.807, 2.05) is 6.08 Å². The molecule has 0 fully saturated rings. The van der Waals surface area contributed by atoms with Crippen LogP contribution in [0, 0.1) is 0 Å². The summed E-state index contributed by atoms with van der Waals surface area (Å²) in [7, 11) is 0. The molecule has 1 N–H and O–H groups in total. The summed E-state index contributed by atoms with van der Waals surface area (Å²) in [4.78, 5) is 11.3. The fourth-order valence-corrected chi connectivity index (χ4v) is 2.45. The van der Waals surface area contributed by atoms with Crippen molar-refractivity contribution in [3.63, 3.8) is 0 Å². The number of amides is 1. The maximum atomic E-state index is 11.3. The lowest BCUT2D eigenvalue weighted by molar-refractivity contribution is 0.159. The minimum absolute atomic E-state index is 0.314. The topological polar surface area (TPSA) is 38.3 Å². The number of ether oxygens (including phenoxy) is 1. The Morgan fingerprint density at radius 1 is 0.815 bits per heavy atom. The van der Waals surface area contributed by atoms with Crippen LogP contribution in [0.25, 0.3) is 0 Å². The molecule has 0 heterocycles. The molecule has 0 aromatic carbocycles. The van der Waals surface area contributed by atoms with Gasteiger partial charge in [-0.05, 0) is 79.2 Å². The van der Waals surface area contributed by atoms with Gasteiger partial charge < -0.3 is 10.1 Å². The molecule has 0 rings (SSSR count). The number of allylic oxidation sites excluding steroid dienone is 7. The first-order valence-corrected chi connectivity index (χ1v) is 9.97. The standard InChI is InChI=1S/C24H39NO2/c1-7-18-25-24(26)27-19-17-23(6)16-10-15-22(5)14-9-13-21(4)12-8-11-20(2)3/h7,11,13,15,17H,1,8-10,12,14,16,18-19H2,2-6H3,(H,25,26)/b21-13+,22-15+,23-17+. The van der Waals surface area contributed by atoms with Gasteiger partial charge in [-0.3, -0.25) is 0 Å². The van der Waals surface area contributed by atoms with E-state index in [9.17, 15) is 4.79 Å². The molecule has 1 amide bonds. The fraction of sp³-hybridized carbons (Fsp3) is 0.542. The highest BCUT2D eigenvalue weighted by Gasteiger charge is 1.98. The molecule has 0 saturated carbocycles. The molecule has 152 valence electrons. The van der Waals surface area contributed by atoms with E-state index in [1.54, 1.807) is 6.08 Å². The van der Waals surface area contributed by atoms with Crippen LogP contribution in [-0.2, 0) is 4.74 Å². The van der Waals surface area contributed by atoms with Crippen LogP contribution in [0.5, 0.6) is 0 Å². The van der Waals surface area contributed by atoms with Crippen molar-refractivity contribution in [1.82, 2.24) is 5.32 Å². The average molecular weight is 374 g/mol. The van der Waals surface area contributed by atoms with Crippen molar-refractivity contribution in [3.05, 3.63) is 59.3 Å². The van der Waals surface area contributed by atoms with Crippen LogP contribution in [0.1, 0.15) is 73.1 Å². The van der Waals surface area contributed by atoms with Gasteiger partial charge in [-0.15, -0.1) is 6.58 Å². The fourth-order valence-electron chi connectivity index (χ4n) is 2.45. The molecular formula is C24H39NO2.